The number of thioether (sulfide) groups is 1. The molecule has 0 unspecified atom stereocenters. The Labute approximate surface area is 225 Å². The lowest BCUT2D eigenvalue weighted by molar-refractivity contribution is -0.121. The van der Waals surface area contributed by atoms with Gasteiger partial charge in [0.25, 0.3) is 0 Å². The van der Waals surface area contributed by atoms with E-state index in [1.165, 1.54) is 0 Å². The van der Waals surface area contributed by atoms with E-state index >= 15 is 0 Å². The van der Waals surface area contributed by atoms with Crippen molar-refractivity contribution in [3.63, 3.8) is 0 Å². The molecule has 2 heterocycles. The zero-order valence-electron chi connectivity index (χ0n) is 21.2. The summed E-state index contributed by atoms with van der Waals surface area (Å²) in [5.74, 6) is 2.29. The highest BCUT2D eigenvalue weighted by Gasteiger charge is 2.21. The van der Waals surface area contributed by atoms with Crippen molar-refractivity contribution in [3.8, 4) is 18.3 Å². The van der Waals surface area contributed by atoms with Gasteiger partial charge in [0.15, 0.2) is 6.19 Å². The van der Waals surface area contributed by atoms with Gasteiger partial charge in [-0.1, -0.05) is 19.1 Å². The lowest BCUT2D eigenvalue weighted by Gasteiger charge is -2.19. The largest absolute Gasteiger partial charge is 0.355 e. The Morgan fingerprint density at radius 2 is 1.97 bits per heavy atom. The fourth-order valence-corrected chi connectivity index (χ4v) is 3.96. The highest BCUT2D eigenvalue weighted by Crippen LogP contribution is 2.18. The molecule has 1 aromatic carbocycles. The first-order valence-electron chi connectivity index (χ1n) is 11.4. The highest BCUT2D eigenvalue weighted by atomic mass is 32.2. The Balaban J connectivity index is 0.000000273. The van der Waals surface area contributed by atoms with Crippen LogP contribution >= 0.6 is 11.8 Å². The van der Waals surface area contributed by atoms with Crippen molar-refractivity contribution >= 4 is 40.7 Å². The number of amides is 1. The lowest BCUT2D eigenvalue weighted by atomic mass is 9.94. The number of aryl methyl sites for hydroxylation is 1. The summed E-state index contributed by atoms with van der Waals surface area (Å²) in [4.78, 5) is 22.4. The molecule has 196 valence electrons. The Hall–Kier alpha value is -4.87. The summed E-state index contributed by atoms with van der Waals surface area (Å²) in [6.07, 6.45) is 3.95. The minimum atomic E-state index is -0.243. The van der Waals surface area contributed by atoms with E-state index in [9.17, 15) is 4.79 Å². The van der Waals surface area contributed by atoms with Crippen molar-refractivity contribution in [3.05, 3.63) is 47.5 Å². The number of nitriles is 3. The monoisotopic (exact) mass is 532 g/mol. The predicted octanol–water partition coefficient (Wildman–Crippen LogP) is 1.96. The number of H-pyrrole nitrogens is 1. The van der Waals surface area contributed by atoms with Gasteiger partial charge < -0.3 is 10.3 Å². The van der Waals surface area contributed by atoms with Crippen LogP contribution in [0.2, 0.25) is 0 Å². The topological polar surface area (TPSA) is 202 Å². The van der Waals surface area contributed by atoms with Crippen LogP contribution in [0.5, 0.6) is 0 Å². The second-order valence-electron chi connectivity index (χ2n) is 7.77. The molecule has 2 aromatic rings. The summed E-state index contributed by atoms with van der Waals surface area (Å²) in [7, 11) is 1.63. The number of aromatic amines is 1. The average molecular weight is 533 g/mol. The summed E-state index contributed by atoms with van der Waals surface area (Å²) in [6.45, 7) is 4.72. The van der Waals surface area contributed by atoms with E-state index in [2.05, 4.69) is 46.6 Å². The molecule has 1 aliphatic rings. The number of aromatic nitrogens is 2. The molecule has 0 saturated carbocycles. The van der Waals surface area contributed by atoms with Crippen molar-refractivity contribution < 1.29 is 4.79 Å². The molecular weight excluding hydrogens is 504 g/mol. The number of nitrogens with zero attached hydrogens (tertiary/aromatic N) is 7. The van der Waals surface area contributed by atoms with Gasteiger partial charge in [-0.15, -0.1) is 0 Å². The Kier molecular flexibility index (Phi) is 12.4. The van der Waals surface area contributed by atoms with Gasteiger partial charge in [0.1, 0.15) is 12.1 Å². The molecule has 0 saturated heterocycles. The number of rotatable bonds is 8. The molecule has 14 heteroatoms. The molecular formula is C24H28N12OS. The number of aliphatic imine (C=N–C) groups is 1. The molecule has 1 amide bonds. The van der Waals surface area contributed by atoms with Crippen LogP contribution in [0.4, 0.5) is 5.69 Å². The summed E-state index contributed by atoms with van der Waals surface area (Å²) in [5.41, 5.74) is 9.43. The number of hydrogen-bond acceptors (Lipinski definition) is 10. The average Bonchev–Trinajstić information content (AvgIpc) is 3.33. The standard InChI is InChI=1S/C14H12N6O.C10H16N6S/c1-9-6-13(21)19-20-14(9)10-2-4-11(5-3-10)17-18-12(7-15)8-16;1-8-9(16-7-15-8)5-17-4-3-13-10(12-2)14-6-11/h2-5,9,17H,6H2,1H3,(H,19,21);7H,3-5H2,1-2H3,(H,15,16)(H2,12,13,14)/t9-;/m1./s1. The van der Waals surface area contributed by atoms with Gasteiger partial charge >= 0.3 is 0 Å². The number of hydrazone groups is 2. The smallest absolute Gasteiger partial charge is 0.240 e. The maximum absolute atomic E-state index is 11.2. The fraction of sp³-hybridized carbons (Fsp3) is 0.333. The van der Waals surface area contributed by atoms with E-state index in [0.717, 1.165) is 40.7 Å². The molecule has 0 spiro atoms. The van der Waals surface area contributed by atoms with Crippen LogP contribution in [0.25, 0.3) is 0 Å². The molecule has 13 nitrogen and oxygen atoms in total. The fourth-order valence-electron chi connectivity index (χ4n) is 3.09. The zero-order valence-corrected chi connectivity index (χ0v) is 22.1. The number of hydrogen-bond donors (Lipinski definition) is 5. The number of anilines is 1. The zero-order chi connectivity index (χ0) is 27.8. The molecule has 0 bridgehead atoms. The minimum Gasteiger partial charge on any atom is -0.355 e. The third kappa shape index (κ3) is 9.64. The van der Waals surface area contributed by atoms with Crippen LogP contribution in [-0.4, -0.2) is 52.6 Å². The molecule has 5 N–H and O–H groups in total. The van der Waals surface area contributed by atoms with E-state index in [0.29, 0.717) is 18.1 Å². The van der Waals surface area contributed by atoms with Crippen LogP contribution in [0, 0.1) is 47.0 Å². The predicted molar refractivity (Wildman–Crippen MR) is 147 cm³/mol. The van der Waals surface area contributed by atoms with Gasteiger partial charge in [0, 0.05) is 43.1 Å². The minimum absolute atomic E-state index is 0.0550. The summed E-state index contributed by atoms with van der Waals surface area (Å²) >= 11 is 1.79. The summed E-state index contributed by atoms with van der Waals surface area (Å²) in [6, 6.07) is 10.5. The lowest BCUT2D eigenvalue weighted by Crippen LogP contribution is -2.35. The Bertz CT molecular complexity index is 1280. The SMILES string of the molecule is CN=C(NC#N)NCCSCc1nc[nH]c1C.C[C@@H]1CC(=O)NN=C1c1ccc(NN=C(C#N)C#N)cc1. The number of imidazole rings is 1. The van der Waals surface area contributed by atoms with Gasteiger partial charge in [-0.05, 0) is 24.6 Å². The first kappa shape index (κ1) is 29.4. The van der Waals surface area contributed by atoms with E-state index < -0.39 is 0 Å². The number of nitrogens with one attached hydrogen (secondary N) is 5. The molecule has 3 rings (SSSR count). The van der Waals surface area contributed by atoms with E-state index in [4.69, 9.17) is 15.8 Å². The first-order chi connectivity index (χ1) is 18.4. The van der Waals surface area contributed by atoms with Gasteiger partial charge in [-0.25, -0.2) is 10.4 Å². The normalized spacial score (nSPS) is 14.2. The molecule has 38 heavy (non-hydrogen) atoms. The number of guanidine groups is 1. The second kappa shape index (κ2) is 16.0. The molecule has 1 aromatic heterocycles. The number of carbonyl (C=O) groups excluding carboxylic acids is 1. The van der Waals surface area contributed by atoms with E-state index in [1.807, 2.05) is 32.2 Å². The maximum Gasteiger partial charge on any atom is 0.240 e. The van der Waals surface area contributed by atoms with Crippen molar-refractivity contribution in [2.24, 2.45) is 21.1 Å². The number of carbonyl (C=O) groups is 1. The van der Waals surface area contributed by atoms with Crippen molar-refractivity contribution in [2.45, 2.75) is 26.0 Å². The van der Waals surface area contributed by atoms with Crippen molar-refractivity contribution in [1.82, 2.24) is 26.0 Å². The van der Waals surface area contributed by atoms with Gasteiger partial charge in [0.2, 0.25) is 17.6 Å². The number of benzene rings is 1. The van der Waals surface area contributed by atoms with Gasteiger partial charge in [-0.2, -0.15) is 37.8 Å². The third-order valence-electron chi connectivity index (χ3n) is 5.06. The van der Waals surface area contributed by atoms with Crippen LogP contribution in [-0.2, 0) is 10.5 Å². The molecule has 0 fully saturated rings. The third-order valence-corrected chi connectivity index (χ3v) is 6.03. The Morgan fingerprint density at radius 1 is 1.24 bits per heavy atom. The van der Waals surface area contributed by atoms with Gasteiger partial charge in [-0.3, -0.25) is 20.5 Å². The highest BCUT2D eigenvalue weighted by molar-refractivity contribution is 7.98. The van der Waals surface area contributed by atoms with E-state index in [1.54, 1.807) is 49.4 Å². The van der Waals surface area contributed by atoms with E-state index in [-0.39, 0.29) is 17.5 Å². The van der Waals surface area contributed by atoms with Gasteiger partial charge in [0.05, 0.1) is 23.4 Å². The maximum atomic E-state index is 11.2. The summed E-state index contributed by atoms with van der Waals surface area (Å²) in [5, 5.41) is 38.8. The second-order valence-corrected chi connectivity index (χ2v) is 8.88. The van der Waals surface area contributed by atoms with Crippen LogP contribution < -0.4 is 21.5 Å². The molecule has 1 atom stereocenters. The Morgan fingerprint density at radius 3 is 2.55 bits per heavy atom. The van der Waals surface area contributed by atoms with Crippen LogP contribution in [0.15, 0.2) is 45.8 Å². The molecule has 0 aliphatic carbocycles. The van der Waals surface area contributed by atoms with Crippen LogP contribution in [0.3, 0.4) is 0 Å². The molecule has 1 aliphatic heterocycles. The van der Waals surface area contributed by atoms with Crippen LogP contribution in [0.1, 0.15) is 30.3 Å². The molecule has 0 radical (unpaired) electrons. The van der Waals surface area contributed by atoms with Crippen molar-refractivity contribution in [2.75, 3.05) is 24.8 Å². The quantitative estimate of drug-likeness (QED) is 0.0840. The first-order valence-corrected chi connectivity index (χ1v) is 12.6. The summed E-state index contributed by atoms with van der Waals surface area (Å²) < 4.78 is 0. The van der Waals surface area contributed by atoms with Crippen molar-refractivity contribution in [1.29, 1.82) is 15.8 Å².